The molecule has 2 N–H and O–H groups in total. The van der Waals surface area contributed by atoms with Crippen LogP contribution in [0.15, 0.2) is 59.4 Å². The Bertz CT molecular complexity index is 1150. The summed E-state index contributed by atoms with van der Waals surface area (Å²) in [5.41, 5.74) is 2.29. The van der Waals surface area contributed by atoms with Crippen molar-refractivity contribution >= 4 is 33.9 Å². The molecule has 4 rings (SSSR count). The summed E-state index contributed by atoms with van der Waals surface area (Å²) in [7, 11) is 0. The molecule has 0 radical (unpaired) electrons. The van der Waals surface area contributed by atoms with E-state index >= 15 is 0 Å². The highest BCUT2D eigenvalue weighted by molar-refractivity contribution is 7.80. The Morgan fingerprint density at radius 3 is 2.74 bits per heavy atom. The first kappa shape index (κ1) is 24.2. The lowest BCUT2D eigenvalue weighted by atomic mass is 10.1. The number of para-hydroxylation sites is 1. The van der Waals surface area contributed by atoms with E-state index in [2.05, 4.69) is 20.1 Å². The molecule has 0 spiro atoms. The Morgan fingerprint density at radius 1 is 1.18 bits per heavy atom. The number of rotatable bonds is 9. The van der Waals surface area contributed by atoms with Crippen LogP contribution in [0.25, 0.3) is 10.9 Å². The van der Waals surface area contributed by atoms with E-state index in [1.165, 1.54) is 0 Å². The lowest BCUT2D eigenvalue weighted by Gasteiger charge is -2.29. The third kappa shape index (κ3) is 6.56. The van der Waals surface area contributed by atoms with Crippen LogP contribution in [0.4, 0.5) is 5.69 Å². The van der Waals surface area contributed by atoms with Crippen molar-refractivity contribution in [2.75, 3.05) is 51.3 Å². The molecule has 0 aliphatic carbocycles. The summed E-state index contributed by atoms with van der Waals surface area (Å²) < 4.78 is 11.1. The van der Waals surface area contributed by atoms with Gasteiger partial charge in [0.05, 0.1) is 26.4 Å². The molecule has 0 amide bonds. The average molecular weight is 481 g/mol. The van der Waals surface area contributed by atoms with E-state index < -0.39 is 0 Å². The van der Waals surface area contributed by atoms with Gasteiger partial charge < -0.3 is 24.7 Å². The van der Waals surface area contributed by atoms with Gasteiger partial charge in [-0.25, -0.2) is 0 Å². The highest BCUT2D eigenvalue weighted by atomic mass is 32.1. The second-order valence-electron chi connectivity index (χ2n) is 8.33. The lowest BCUT2D eigenvalue weighted by molar-refractivity contribution is 0.0367. The highest BCUT2D eigenvalue weighted by Crippen LogP contribution is 2.20. The van der Waals surface area contributed by atoms with Crippen molar-refractivity contribution in [3.05, 3.63) is 70.5 Å². The molecule has 2 aromatic carbocycles. The van der Waals surface area contributed by atoms with E-state index in [0.717, 1.165) is 68.2 Å². The fourth-order valence-electron chi connectivity index (χ4n) is 4.10. The van der Waals surface area contributed by atoms with Crippen molar-refractivity contribution in [1.29, 1.82) is 0 Å². The van der Waals surface area contributed by atoms with Gasteiger partial charge >= 0.3 is 0 Å². The molecule has 7 nitrogen and oxygen atoms in total. The Morgan fingerprint density at radius 2 is 1.97 bits per heavy atom. The van der Waals surface area contributed by atoms with E-state index in [1.54, 1.807) is 0 Å². The Labute approximate surface area is 205 Å². The number of aromatic amines is 1. The predicted molar refractivity (Wildman–Crippen MR) is 141 cm³/mol. The van der Waals surface area contributed by atoms with Crippen LogP contribution in [0.5, 0.6) is 5.75 Å². The molecule has 8 heteroatoms. The zero-order chi connectivity index (χ0) is 23.8. The summed E-state index contributed by atoms with van der Waals surface area (Å²) in [6, 6.07) is 17.5. The van der Waals surface area contributed by atoms with Crippen LogP contribution < -0.4 is 15.6 Å². The van der Waals surface area contributed by atoms with Crippen molar-refractivity contribution in [3.63, 3.8) is 0 Å². The van der Waals surface area contributed by atoms with Gasteiger partial charge in [0.1, 0.15) is 5.75 Å². The quantitative estimate of drug-likeness (QED) is 0.451. The molecule has 0 saturated carbocycles. The minimum atomic E-state index is -0.0997. The fraction of sp³-hybridized carbons (Fsp3) is 0.385. The van der Waals surface area contributed by atoms with Crippen LogP contribution in [-0.2, 0) is 11.3 Å². The zero-order valence-corrected chi connectivity index (χ0v) is 20.4. The summed E-state index contributed by atoms with van der Waals surface area (Å²) in [4.78, 5) is 20.4. The summed E-state index contributed by atoms with van der Waals surface area (Å²) >= 11 is 5.77. The Hall–Kier alpha value is -2.94. The summed E-state index contributed by atoms with van der Waals surface area (Å²) in [5.74, 6) is 0.789. The average Bonchev–Trinajstić information content (AvgIpc) is 2.85. The molecule has 1 aliphatic heterocycles. The number of hydrogen-bond acceptors (Lipinski definition) is 5. The zero-order valence-electron chi connectivity index (χ0n) is 19.6. The number of hydrogen-bond donors (Lipinski definition) is 2. The Balaban J connectivity index is 1.52. The topological polar surface area (TPSA) is 69.8 Å². The number of aromatic nitrogens is 1. The number of pyridine rings is 1. The molecule has 3 aromatic rings. The second kappa shape index (κ2) is 12.0. The summed E-state index contributed by atoms with van der Waals surface area (Å²) in [5, 5.41) is 4.87. The van der Waals surface area contributed by atoms with Crippen molar-refractivity contribution in [2.45, 2.75) is 19.9 Å². The molecule has 1 fully saturated rings. The van der Waals surface area contributed by atoms with Crippen LogP contribution in [0.3, 0.4) is 0 Å². The number of fused-ring (bicyclic) bond motifs is 1. The third-order valence-corrected chi connectivity index (χ3v) is 6.24. The SMILES string of the molecule is CCOc1ccc2[nH]c(=O)c(CN(CCCN3CCOCC3)C(=S)Nc3ccccc3)cc2c1. The number of ether oxygens (including phenoxy) is 2. The minimum absolute atomic E-state index is 0.0997. The van der Waals surface area contributed by atoms with Crippen molar-refractivity contribution < 1.29 is 9.47 Å². The highest BCUT2D eigenvalue weighted by Gasteiger charge is 2.16. The maximum absolute atomic E-state index is 12.9. The molecule has 1 aromatic heterocycles. The first-order valence-electron chi connectivity index (χ1n) is 11.8. The lowest BCUT2D eigenvalue weighted by Crippen LogP contribution is -2.40. The molecule has 180 valence electrons. The molecule has 0 unspecified atom stereocenters. The van der Waals surface area contributed by atoms with Crippen molar-refractivity contribution in [1.82, 2.24) is 14.8 Å². The largest absolute Gasteiger partial charge is 0.494 e. The van der Waals surface area contributed by atoms with E-state index in [-0.39, 0.29) is 5.56 Å². The molecule has 0 atom stereocenters. The van der Waals surface area contributed by atoms with Crippen molar-refractivity contribution in [2.24, 2.45) is 0 Å². The van der Waals surface area contributed by atoms with Gasteiger partial charge in [-0.2, -0.15) is 0 Å². The minimum Gasteiger partial charge on any atom is -0.494 e. The van der Waals surface area contributed by atoms with E-state index in [4.69, 9.17) is 21.7 Å². The van der Waals surface area contributed by atoms with Crippen molar-refractivity contribution in [3.8, 4) is 5.75 Å². The third-order valence-electron chi connectivity index (χ3n) is 5.88. The number of anilines is 1. The van der Waals surface area contributed by atoms with Crippen LogP contribution in [-0.4, -0.2) is 65.9 Å². The fourth-order valence-corrected chi connectivity index (χ4v) is 4.37. The van der Waals surface area contributed by atoms with Gasteiger partial charge in [-0.1, -0.05) is 18.2 Å². The van der Waals surface area contributed by atoms with Gasteiger partial charge in [-0.05, 0) is 62.0 Å². The molecular formula is C26H32N4O3S. The number of morpholine rings is 1. The van der Waals surface area contributed by atoms with Crippen LogP contribution in [0.2, 0.25) is 0 Å². The molecule has 2 heterocycles. The van der Waals surface area contributed by atoms with Gasteiger partial charge in [-0.15, -0.1) is 0 Å². The predicted octanol–water partition coefficient (Wildman–Crippen LogP) is 3.85. The normalized spacial score (nSPS) is 14.1. The van der Waals surface area contributed by atoms with Crippen LogP contribution >= 0.6 is 12.2 Å². The van der Waals surface area contributed by atoms with Gasteiger partial charge in [0.25, 0.3) is 5.56 Å². The maximum atomic E-state index is 12.9. The first-order valence-corrected chi connectivity index (χ1v) is 12.2. The van der Waals surface area contributed by atoms with E-state index in [1.807, 2.05) is 61.5 Å². The van der Waals surface area contributed by atoms with Crippen LogP contribution in [0.1, 0.15) is 18.9 Å². The smallest absolute Gasteiger partial charge is 0.253 e. The molecule has 0 bridgehead atoms. The maximum Gasteiger partial charge on any atom is 0.253 e. The molecule has 1 aliphatic rings. The standard InChI is InChI=1S/C26H32N4O3S/c1-2-33-23-9-10-24-20(18-23)17-21(25(31)28-24)19-30(12-6-11-29-13-15-32-16-14-29)26(34)27-22-7-4-3-5-8-22/h3-5,7-10,17-18H,2,6,11-16,19H2,1H3,(H,27,34)(H,28,31). The molecular weight excluding hydrogens is 448 g/mol. The number of nitrogens with one attached hydrogen (secondary N) is 2. The monoisotopic (exact) mass is 480 g/mol. The summed E-state index contributed by atoms with van der Waals surface area (Å²) in [6.07, 6.45) is 0.941. The van der Waals surface area contributed by atoms with Gasteiger partial charge in [0, 0.05) is 48.3 Å². The van der Waals surface area contributed by atoms with Gasteiger partial charge in [0.2, 0.25) is 0 Å². The van der Waals surface area contributed by atoms with Crippen LogP contribution in [0, 0.1) is 0 Å². The number of benzene rings is 2. The number of thiocarbonyl (C=S) groups is 1. The summed E-state index contributed by atoms with van der Waals surface area (Å²) in [6.45, 7) is 8.17. The van der Waals surface area contributed by atoms with Gasteiger partial charge in [-0.3, -0.25) is 9.69 Å². The Kier molecular flexibility index (Phi) is 8.51. The van der Waals surface area contributed by atoms with E-state index in [9.17, 15) is 4.79 Å². The second-order valence-corrected chi connectivity index (χ2v) is 8.72. The molecule has 1 saturated heterocycles. The number of nitrogens with zero attached hydrogens (tertiary/aromatic N) is 2. The molecule has 34 heavy (non-hydrogen) atoms. The van der Waals surface area contributed by atoms with Gasteiger partial charge in [0.15, 0.2) is 5.11 Å². The van der Waals surface area contributed by atoms with E-state index in [0.29, 0.717) is 23.8 Å². The first-order chi connectivity index (χ1) is 16.6. The number of H-pyrrole nitrogens is 1.